The van der Waals surface area contributed by atoms with Crippen LogP contribution in [0, 0.1) is 6.92 Å². The van der Waals surface area contributed by atoms with E-state index in [0.29, 0.717) is 13.2 Å². The van der Waals surface area contributed by atoms with Gasteiger partial charge in [0.2, 0.25) is 0 Å². The molecule has 1 aromatic heterocycles. The molecule has 0 aliphatic carbocycles. The van der Waals surface area contributed by atoms with E-state index in [9.17, 15) is 9.59 Å². The van der Waals surface area contributed by atoms with Crippen molar-refractivity contribution in [3.63, 3.8) is 0 Å². The number of pyridine rings is 1. The Morgan fingerprint density at radius 1 is 1.59 bits per heavy atom. The molecule has 1 unspecified atom stereocenters. The molecule has 0 saturated heterocycles. The molecule has 0 fully saturated rings. The fourth-order valence-electron chi connectivity index (χ4n) is 1.43. The number of ether oxygens (including phenoxy) is 1. The second kappa shape index (κ2) is 6.20. The Labute approximate surface area is 100 Å². The number of hydrogen-bond acceptors (Lipinski definition) is 3. The average molecular weight is 238 g/mol. The van der Waals surface area contributed by atoms with Gasteiger partial charge in [-0.3, -0.25) is 9.59 Å². The third-order valence-electron chi connectivity index (χ3n) is 2.30. The van der Waals surface area contributed by atoms with Crippen molar-refractivity contribution in [1.82, 2.24) is 10.3 Å². The molecule has 1 heterocycles. The van der Waals surface area contributed by atoms with Crippen molar-refractivity contribution in [2.24, 2.45) is 0 Å². The lowest BCUT2D eigenvalue weighted by molar-refractivity contribution is 0.0694. The predicted molar refractivity (Wildman–Crippen MR) is 65.2 cm³/mol. The third-order valence-corrected chi connectivity index (χ3v) is 2.30. The Morgan fingerprint density at radius 2 is 2.29 bits per heavy atom. The third kappa shape index (κ3) is 4.03. The Morgan fingerprint density at radius 3 is 2.88 bits per heavy atom. The molecule has 5 heteroatoms. The van der Waals surface area contributed by atoms with Gasteiger partial charge in [0.15, 0.2) is 5.43 Å². The molecule has 5 nitrogen and oxygen atoms in total. The van der Waals surface area contributed by atoms with Crippen LogP contribution in [0.5, 0.6) is 0 Å². The zero-order valence-corrected chi connectivity index (χ0v) is 10.4. The number of aryl methyl sites for hydroxylation is 1. The number of aromatic nitrogens is 1. The maximum atomic E-state index is 11.7. The molecule has 1 aromatic rings. The summed E-state index contributed by atoms with van der Waals surface area (Å²) in [7, 11) is 0. The van der Waals surface area contributed by atoms with Gasteiger partial charge < -0.3 is 15.0 Å². The first-order valence-corrected chi connectivity index (χ1v) is 5.63. The number of hydrogen-bond donors (Lipinski definition) is 2. The number of aromatic amines is 1. The van der Waals surface area contributed by atoms with E-state index >= 15 is 0 Å². The summed E-state index contributed by atoms with van der Waals surface area (Å²) in [6.45, 7) is 6.51. The molecule has 94 valence electrons. The fraction of sp³-hybridized carbons (Fsp3) is 0.500. The summed E-state index contributed by atoms with van der Waals surface area (Å²) < 4.78 is 5.28. The van der Waals surface area contributed by atoms with Crippen LogP contribution in [0.1, 0.15) is 29.9 Å². The highest BCUT2D eigenvalue weighted by Gasteiger charge is 2.11. The predicted octanol–water partition coefficient (Wildman–Crippen LogP) is 0.838. The van der Waals surface area contributed by atoms with Crippen molar-refractivity contribution < 1.29 is 9.53 Å². The van der Waals surface area contributed by atoms with E-state index in [4.69, 9.17) is 4.74 Å². The maximum absolute atomic E-state index is 11.7. The van der Waals surface area contributed by atoms with Gasteiger partial charge >= 0.3 is 0 Å². The van der Waals surface area contributed by atoms with Crippen LogP contribution >= 0.6 is 0 Å². The molecule has 2 N–H and O–H groups in total. The molecular formula is C12H18N2O3. The lowest BCUT2D eigenvalue weighted by Gasteiger charge is -2.12. The van der Waals surface area contributed by atoms with Gasteiger partial charge in [0.1, 0.15) is 5.56 Å². The van der Waals surface area contributed by atoms with Crippen LogP contribution in [-0.2, 0) is 4.74 Å². The second-order valence-corrected chi connectivity index (χ2v) is 3.87. The molecular weight excluding hydrogens is 220 g/mol. The van der Waals surface area contributed by atoms with Crippen molar-refractivity contribution in [3.8, 4) is 0 Å². The van der Waals surface area contributed by atoms with Crippen molar-refractivity contribution in [2.45, 2.75) is 26.9 Å². The highest BCUT2D eigenvalue weighted by Crippen LogP contribution is 1.93. The maximum Gasteiger partial charge on any atom is 0.256 e. The first-order valence-electron chi connectivity index (χ1n) is 5.63. The van der Waals surface area contributed by atoms with Gasteiger partial charge in [0, 0.05) is 31.1 Å². The van der Waals surface area contributed by atoms with Crippen LogP contribution in [0.25, 0.3) is 0 Å². The summed E-state index contributed by atoms with van der Waals surface area (Å²) in [5, 5.41) is 2.66. The Kier molecular flexibility index (Phi) is 4.90. The normalized spacial score (nSPS) is 12.2. The molecule has 1 amide bonds. The fourth-order valence-corrected chi connectivity index (χ4v) is 1.43. The van der Waals surface area contributed by atoms with Gasteiger partial charge in [0.05, 0.1) is 6.10 Å². The summed E-state index contributed by atoms with van der Waals surface area (Å²) in [6.07, 6.45) is 1.37. The van der Waals surface area contributed by atoms with E-state index in [1.807, 2.05) is 13.8 Å². The summed E-state index contributed by atoms with van der Waals surface area (Å²) >= 11 is 0. The first-order chi connectivity index (χ1) is 8.04. The number of amides is 1. The summed E-state index contributed by atoms with van der Waals surface area (Å²) in [6, 6.07) is 1.40. The SMILES string of the molecule is CCOC(C)CNC(=O)c1c[nH]c(C)cc1=O. The van der Waals surface area contributed by atoms with E-state index in [0.717, 1.165) is 5.69 Å². The number of rotatable bonds is 5. The molecule has 0 bridgehead atoms. The summed E-state index contributed by atoms with van der Waals surface area (Å²) in [4.78, 5) is 26.1. The minimum absolute atomic E-state index is 0.0616. The number of carbonyl (C=O) groups is 1. The van der Waals surface area contributed by atoms with Gasteiger partial charge in [-0.2, -0.15) is 0 Å². The van der Waals surface area contributed by atoms with Crippen LogP contribution in [0.15, 0.2) is 17.1 Å². The Hall–Kier alpha value is -1.62. The number of carbonyl (C=O) groups excluding carboxylic acids is 1. The number of nitrogens with one attached hydrogen (secondary N) is 2. The lowest BCUT2D eigenvalue weighted by Crippen LogP contribution is -2.34. The van der Waals surface area contributed by atoms with Gasteiger partial charge in [-0.1, -0.05) is 0 Å². The largest absolute Gasteiger partial charge is 0.377 e. The molecule has 0 aliphatic rings. The minimum atomic E-state index is -0.377. The Balaban J connectivity index is 2.61. The smallest absolute Gasteiger partial charge is 0.256 e. The van der Waals surface area contributed by atoms with Crippen molar-refractivity contribution in [3.05, 3.63) is 33.7 Å². The van der Waals surface area contributed by atoms with E-state index in [1.165, 1.54) is 12.3 Å². The van der Waals surface area contributed by atoms with Crippen LogP contribution in [0.2, 0.25) is 0 Å². The van der Waals surface area contributed by atoms with Crippen molar-refractivity contribution >= 4 is 5.91 Å². The molecule has 17 heavy (non-hydrogen) atoms. The summed E-state index contributed by atoms with van der Waals surface area (Å²) in [5.74, 6) is -0.377. The molecule has 0 spiro atoms. The highest BCUT2D eigenvalue weighted by atomic mass is 16.5. The van der Waals surface area contributed by atoms with E-state index in [2.05, 4.69) is 10.3 Å². The summed E-state index contributed by atoms with van der Waals surface area (Å²) in [5.41, 5.74) is 0.580. The second-order valence-electron chi connectivity index (χ2n) is 3.87. The highest BCUT2D eigenvalue weighted by molar-refractivity contribution is 5.93. The van der Waals surface area contributed by atoms with Crippen LogP contribution in [0.3, 0.4) is 0 Å². The van der Waals surface area contributed by atoms with Gasteiger partial charge in [-0.05, 0) is 20.8 Å². The zero-order chi connectivity index (χ0) is 12.8. The molecule has 1 rings (SSSR count). The van der Waals surface area contributed by atoms with Crippen LogP contribution in [-0.4, -0.2) is 30.1 Å². The minimum Gasteiger partial charge on any atom is -0.377 e. The zero-order valence-electron chi connectivity index (χ0n) is 10.4. The van der Waals surface area contributed by atoms with Gasteiger partial charge in [-0.15, -0.1) is 0 Å². The quantitative estimate of drug-likeness (QED) is 0.798. The van der Waals surface area contributed by atoms with Gasteiger partial charge in [0.25, 0.3) is 5.91 Å². The van der Waals surface area contributed by atoms with E-state index < -0.39 is 0 Å². The monoisotopic (exact) mass is 238 g/mol. The van der Waals surface area contributed by atoms with Crippen molar-refractivity contribution in [2.75, 3.05) is 13.2 Å². The molecule has 0 aromatic carbocycles. The number of H-pyrrole nitrogens is 1. The molecule has 0 radical (unpaired) electrons. The van der Waals surface area contributed by atoms with E-state index in [-0.39, 0.29) is 23.0 Å². The van der Waals surface area contributed by atoms with E-state index in [1.54, 1.807) is 6.92 Å². The van der Waals surface area contributed by atoms with Crippen LogP contribution < -0.4 is 10.7 Å². The lowest BCUT2D eigenvalue weighted by atomic mass is 10.2. The average Bonchev–Trinajstić information content (AvgIpc) is 2.26. The molecule has 0 saturated carbocycles. The van der Waals surface area contributed by atoms with Crippen molar-refractivity contribution in [1.29, 1.82) is 0 Å². The first kappa shape index (κ1) is 13.4. The standard InChI is InChI=1S/C12H18N2O3/c1-4-17-9(3)6-14-12(16)10-7-13-8(2)5-11(10)15/h5,7,9H,4,6H2,1-3H3,(H,13,15)(H,14,16). The molecule has 0 aliphatic heterocycles. The topological polar surface area (TPSA) is 71.2 Å². The molecule has 1 atom stereocenters. The van der Waals surface area contributed by atoms with Gasteiger partial charge in [-0.25, -0.2) is 0 Å². The van der Waals surface area contributed by atoms with Crippen LogP contribution in [0.4, 0.5) is 0 Å². The Bertz CT molecular complexity index is 440.